The third-order valence-corrected chi connectivity index (χ3v) is 5.06. The lowest BCUT2D eigenvalue weighted by molar-refractivity contribution is -0.115. The number of primary amides is 1. The molecule has 134 valence electrons. The monoisotopic (exact) mass is 367 g/mol. The number of carbonyl (C=O) groups is 1. The van der Waals surface area contributed by atoms with E-state index in [4.69, 9.17) is 5.73 Å². The molecule has 1 amide bonds. The van der Waals surface area contributed by atoms with E-state index in [2.05, 4.69) is 11.9 Å². The van der Waals surface area contributed by atoms with E-state index in [-0.39, 0.29) is 11.3 Å². The number of amides is 1. The number of aryl methyl sites for hydroxylation is 1. The van der Waals surface area contributed by atoms with Crippen LogP contribution in [0, 0.1) is 0 Å². The average Bonchev–Trinajstić information content (AvgIpc) is 2.65. The molecule has 1 heterocycles. The Morgan fingerprint density at radius 2 is 1.88 bits per heavy atom. The zero-order chi connectivity index (χ0) is 18.5. The van der Waals surface area contributed by atoms with Gasteiger partial charge in [-0.1, -0.05) is 49.4 Å². The van der Waals surface area contributed by atoms with E-state index < -0.39 is 5.91 Å². The smallest absolute Gasteiger partial charge is 0.266 e. The van der Waals surface area contributed by atoms with Gasteiger partial charge in [0.05, 0.1) is 22.3 Å². The number of aromatic nitrogens is 2. The highest BCUT2D eigenvalue weighted by Crippen LogP contribution is 2.21. The van der Waals surface area contributed by atoms with Crippen LogP contribution in [0.3, 0.4) is 0 Å². The minimum Gasteiger partial charge on any atom is -0.369 e. The molecule has 1 aromatic heterocycles. The first-order valence-corrected chi connectivity index (χ1v) is 9.61. The Bertz CT molecular complexity index is 981. The first kappa shape index (κ1) is 18.2. The zero-order valence-electron chi connectivity index (χ0n) is 14.6. The minimum absolute atomic E-state index is 0.0688. The van der Waals surface area contributed by atoms with Crippen molar-refractivity contribution in [3.05, 3.63) is 64.4 Å². The number of thioether (sulfide) groups is 1. The molecule has 0 aliphatic heterocycles. The lowest BCUT2D eigenvalue weighted by Gasteiger charge is -2.13. The van der Waals surface area contributed by atoms with Gasteiger partial charge in [0.2, 0.25) is 5.91 Å². The van der Waals surface area contributed by atoms with Gasteiger partial charge < -0.3 is 5.73 Å². The first-order valence-electron chi connectivity index (χ1n) is 8.62. The number of unbranched alkanes of at least 4 members (excludes halogenated alkanes) is 1. The Kier molecular flexibility index (Phi) is 5.73. The van der Waals surface area contributed by atoms with Gasteiger partial charge in [0.1, 0.15) is 0 Å². The van der Waals surface area contributed by atoms with E-state index >= 15 is 0 Å². The summed E-state index contributed by atoms with van der Waals surface area (Å²) >= 11 is 1.17. The van der Waals surface area contributed by atoms with E-state index in [1.807, 2.05) is 36.4 Å². The van der Waals surface area contributed by atoms with Crippen LogP contribution < -0.4 is 11.3 Å². The topological polar surface area (TPSA) is 78.0 Å². The Labute approximate surface area is 156 Å². The number of carbonyl (C=O) groups excluding carboxylic acids is 1. The molecule has 0 spiro atoms. The van der Waals surface area contributed by atoms with Gasteiger partial charge in [-0.25, -0.2) is 4.98 Å². The third kappa shape index (κ3) is 3.96. The van der Waals surface area contributed by atoms with Crippen LogP contribution in [0.5, 0.6) is 0 Å². The van der Waals surface area contributed by atoms with Crippen LogP contribution in [0.15, 0.2) is 58.5 Å². The Hall–Kier alpha value is -2.60. The fourth-order valence-corrected chi connectivity index (χ4v) is 3.52. The fraction of sp³-hybridized carbons (Fsp3) is 0.250. The number of rotatable bonds is 7. The summed E-state index contributed by atoms with van der Waals surface area (Å²) < 4.78 is 1.56. The van der Waals surface area contributed by atoms with Gasteiger partial charge in [-0.2, -0.15) is 0 Å². The van der Waals surface area contributed by atoms with Gasteiger partial charge in [0, 0.05) is 0 Å². The number of nitrogens with two attached hydrogens (primary N) is 1. The molecule has 0 aliphatic carbocycles. The van der Waals surface area contributed by atoms with Gasteiger partial charge in [-0.15, -0.1) is 0 Å². The predicted octanol–water partition coefficient (Wildman–Crippen LogP) is 3.31. The molecule has 0 saturated heterocycles. The second-order valence-corrected chi connectivity index (χ2v) is 7.02. The second kappa shape index (κ2) is 8.19. The van der Waals surface area contributed by atoms with Gasteiger partial charge in [0.25, 0.3) is 5.56 Å². The zero-order valence-corrected chi connectivity index (χ0v) is 15.5. The fourth-order valence-electron chi connectivity index (χ4n) is 2.77. The lowest BCUT2D eigenvalue weighted by atomic mass is 10.1. The van der Waals surface area contributed by atoms with Crippen LogP contribution in [0.25, 0.3) is 16.6 Å². The molecule has 5 nitrogen and oxygen atoms in total. The number of benzene rings is 2. The molecule has 26 heavy (non-hydrogen) atoms. The molecule has 0 aliphatic rings. The van der Waals surface area contributed by atoms with Crippen LogP contribution >= 0.6 is 11.8 Å². The highest BCUT2D eigenvalue weighted by molar-refractivity contribution is 7.99. The van der Waals surface area contributed by atoms with Crippen LogP contribution in [-0.2, 0) is 11.2 Å². The first-order chi connectivity index (χ1) is 12.6. The summed E-state index contributed by atoms with van der Waals surface area (Å²) in [5.41, 5.74) is 7.71. The standard InChI is InChI=1S/C20H21N3O2S/c1-2-3-6-14-9-11-15(12-10-14)23-19(25)16-7-4-5-8-17(16)22-20(23)26-13-18(21)24/h4-5,7-12H,2-3,6,13H2,1H3,(H2,21,24). The van der Waals surface area contributed by atoms with E-state index in [0.29, 0.717) is 16.1 Å². The SMILES string of the molecule is CCCCc1ccc(-n2c(SCC(N)=O)nc3ccccc3c2=O)cc1. The molecule has 3 rings (SSSR count). The summed E-state index contributed by atoms with van der Waals surface area (Å²) in [6.07, 6.45) is 3.30. The molecule has 2 aromatic carbocycles. The predicted molar refractivity (Wildman–Crippen MR) is 106 cm³/mol. The summed E-state index contributed by atoms with van der Waals surface area (Å²) in [5.74, 6) is -0.377. The van der Waals surface area contributed by atoms with Crippen LogP contribution in [0.2, 0.25) is 0 Å². The molecule has 0 saturated carbocycles. The molecule has 0 radical (unpaired) electrons. The van der Waals surface area contributed by atoms with Gasteiger partial charge in [-0.05, 0) is 42.7 Å². The van der Waals surface area contributed by atoms with Crippen molar-refractivity contribution in [1.29, 1.82) is 0 Å². The van der Waals surface area contributed by atoms with E-state index in [1.54, 1.807) is 16.7 Å². The lowest BCUT2D eigenvalue weighted by Crippen LogP contribution is -2.23. The number of hydrogen-bond donors (Lipinski definition) is 1. The maximum Gasteiger partial charge on any atom is 0.266 e. The average molecular weight is 367 g/mol. The molecule has 0 atom stereocenters. The van der Waals surface area contributed by atoms with Crippen molar-refractivity contribution >= 4 is 28.6 Å². The molecule has 6 heteroatoms. The minimum atomic E-state index is -0.445. The summed E-state index contributed by atoms with van der Waals surface area (Å²) in [4.78, 5) is 28.8. The summed E-state index contributed by atoms with van der Waals surface area (Å²) in [6, 6.07) is 15.1. The Morgan fingerprint density at radius 1 is 1.15 bits per heavy atom. The van der Waals surface area contributed by atoms with Gasteiger partial charge in [-0.3, -0.25) is 14.2 Å². The van der Waals surface area contributed by atoms with Crippen LogP contribution in [0.4, 0.5) is 0 Å². The van der Waals surface area contributed by atoms with E-state index in [0.717, 1.165) is 24.9 Å². The third-order valence-electron chi connectivity index (χ3n) is 4.10. The Balaban J connectivity index is 2.09. The van der Waals surface area contributed by atoms with E-state index in [1.165, 1.54) is 17.3 Å². The van der Waals surface area contributed by atoms with Crippen molar-refractivity contribution in [1.82, 2.24) is 9.55 Å². The van der Waals surface area contributed by atoms with Crippen LogP contribution in [-0.4, -0.2) is 21.2 Å². The Morgan fingerprint density at radius 3 is 2.58 bits per heavy atom. The van der Waals surface area contributed by atoms with E-state index in [9.17, 15) is 9.59 Å². The molecule has 0 fully saturated rings. The summed E-state index contributed by atoms with van der Waals surface area (Å²) in [5, 5.41) is 1.01. The van der Waals surface area contributed by atoms with Crippen molar-refractivity contribution < 1.29 is 4.79 Å². The quantitative estimate of drug-likeness (QED) is 0.513. The van der Waals surface area contributed by atoms with Crippen molar-refractivity contribution in [2.75, 3.05) is 5.75 Å². The van der Waals surface area contributed by atoms with Crippen molar-refractivity contribution in [3.8, 4) is 5.69 Å². The number of fused-ring (bicyclic) bond motifs is 1. The molecule has 0 unspecified atom stereocenters. The van der Waals surface area contributed by atoms with Gasteiger partial charge in [0.15, 0.2) is 5.16 Å². The molecule has 2 N–H and O–H groups in total. The van der Waals surface area contributed by atoms with Crippen LogP contribution in [0.1, 0.15) is 25.3 Å². The number of hydrogen-bond acceptors (Lipinski definition) is 4. The highest BCUT2D eigenvalue weighted by Gasteiger charge is 2.14. The maximum absolute atomic E-state index is 13.0. The van der Waals surface area contributed by atoms with Crippen molar-refractivity contribution in [3.63, 3.8) is 0 Å². The molecular weight excluding hydrogens is 346 g/mol. The van der Waals surface area contributed by atoms with Gasteiger partial charge >= 0.3 is 0 Å². The number of para-hydroxylation sites is 1. The number of nitrogens with zero attached hydrogens (tertiary/aromatic N) is 2. The second-order valence-electron chi connectivity index (χ2n) is 6.08. The molecule has 3 aromatic rings. The molecule has 0 bridgehead atoms. The largest absolute Gasteiger partial charge is 0.369 e. The maximum atomic E-state index is 13.0. The molecular formula is C20H21N3O2S. The summed E-state index contributed by atoms with van der Waals surface area (Å²) in [7, 11) is 0. The van der Waals surface area contributed by atoms with Crippen molar-refractivity contribution in [2.45, 2.75) is 31.3 Å². The highest BCUT2D eigenvalue weighted by atomic mass is 32.2. The summed E-state index contributed by atoms with van der Waals surface area (Å²) in [6.45, 7) is 2.16. The normalized spacial score (nSPS) is 11.0. The van der Waals surface area contributed by atoms with Crippen molar-refractivity contribution in [2.24, 2.45) is 5.73 Å².